The van der Waals surface area contributed by atoms with Crippen LogP contribution in [-0.4, -0.2) is 33.9 Å². The number of hydrogen-bond donors (Lipinski definition) is 0. The van der Waals surface area contributed by atoms with Crippen LogP contribution in [-0.2, 0) is 20.6 Å². The summed E-state index contributed by atoms with van der Waals surface area (Å²) < 4.78 is 18.2. The van der Waals surface area contributed by atoms with Crippen LogP contribution in [0.5, 0.6) is 5.75 Å². The second-order valence-corrected chi connectivity index (χ2v) is 14.1. The average Bonchev–Trinajstić information content (AvgIpc) is 2.86. The molecule has 4 nitrogen and oxygen atoms in total. The zero-order valence-electron chi connectivity index (χ0n) is 20.9. The van der Waals surface area contributed by atoms with Crippen molar-refractivity contribution in [3.63, 3.8) is 0 Å². The lowest BCUT2D eigenvalue weighted by atomic mass is 10.1. The first-order valence-corrected chi connectivity index (χ1v) is 13.6. The Kier molecular flexibility index (Phi) is 8.47. The molecule has 5 heteroatoms. The van der Waals surface area contributed by atoms with Crippen LogP contribution >= 0.6 is 0 Å². The summed E-state index contributed by atoms with van der Waals surface area (Å²) in [6, 6.07) is 28.7. The molecule has 3 aromatic carbocycles. The van der Waals surface area contributed by atoms with Crippen molar-refractivity contribution < 1.29 is 18.7 Å². The van der Waals surface area contributed by atoms with E-state index in [4.69, 9.17) is 13.9 Å². The Hall–Kier alpha value is -2.73. The van der Waals surface area contributed by atoms with Gasteiger partial charge in [-0.1, -0.05) is 93.6 Å². The SMILES string of the molecule is COc1ccc(CO[C@@](C)(C=O)CCO[Si](c2ccccc2)(c2ccccc2)C(C)(C)C)cc1. The molecule has 0 amide bonds. The van der Waals surface area contributed by atoms with Gasteiger partial charge in [-0.15, -0.1) is 0 Å². The summed E-state index contributed by atoms with van der Waals surface area (Å²) in [7, 11) is -1.00. The van der Waals surface area contributed by atoms with Crippen molar-refractivity contribution in [1.82, 2.24) is 0 Å². The Balaban J connectivity index is 1.80. The molecule has 0 aliphatic rings. The lowest BCUT2D eigenvalue weighted by molar-refractivity contribution is -0.132. The fourth-order valence-corrected chi connectivity index (χ4v) is 8.87. The van der Waals surface area contributed by atoms with Crippen molar-refractivity contribution in [2.75, 3.05) is 13.7 Å². The highest BCUT2D eigenvalue weighted by molar-refractivity contribution is 6.99. The van der Waals surface area contributed by atoms with E-state index >= 15 is 0 Å². The van der Waals surface area contributed by atoms with Crippen molar-refractivity contribution in [3.8, 4) is 5.75 Å². The molecule has 0 aliphatic carbocycles. The molecule has 180 valence electrons. The van der Waals surface area contributed by atoms with E-state index in [0.717, 1.165) is 17.6 Å². The predicted octanol–water partition coefficient (Wildman–Crippen LogP) is 5.14. The summed E-state index contributed by atoms with van der Waals surface area (Å²) in [5, 5.41) is 2.33. The van der Waals surface area contributed by atoms with Gasteiger partial charge in [-0.05, 0) is 40.0 Å². The summed E-state index contributed by atoms with van der Waals surface area (Å²) in [6.07, 6.45) is 1.36. The third-order valence-corrected chi connectivity index (χ3v) is 11.4. The first-order chi connectivity index (χ1) is 16.2. The smallest absolute Gasteiger partial charge is 0.261 e. The number of benzene rings is 3. The van der Waals surface area contributed by atoms with Crippen molar-refractivity contribution in [2.24, 2.45) is 0 Å². The Bertz CT molecular complexity index is 990. The number of aldehydes is 1. The van der Waals surface area contributed by atoms with Gasteiger partial charge in [0.05, 0.1) is 13.7 Å². The maximum Gasteiger partial charge on any atom is 0.261 e. The molecule has 0 saturated carbocycles. The van der Waals surface area contributed by atoms with Crippen LogP contribution in [0.1, 0.15) is 39.7 Å². The maximum absolute atomic E-state index is 12.1. The van der Waals surface area contributed by atoms with Gasteiger partial charge in [-0.3, -0.25) is 0 Å². The van der Waals surface area contributed by atoms with Gasteiger partial charge in [0.1, 0.15) is 11.4 Å². The van der Waals surface area contributed by atoms with Gasteiger partial charge < -0.3 is 18.7 Å². The molecule has 0 heterocycles. The second kappa shape index (κ2) is 11.1. The molecule has 3 rings (SSSR count). The van der Waals surface area contributed by atoms with E-state index in [-0.39, 0.29) is 5.04 Å². The van der Waals surface area contributed by atoms with E-state index in [9.17, 15) is 4.79 Å². The fourth-order valence-electron chi connectivity index (χ4n) is 4.30. The first-order valence-electron chi connectivity index (χ1n) is 11.7. The van der Waals surface area contributed by atoms with Gasteiger partial charge in [-0.25, -0.2) is 0 Å². The highest BCUT2D eigenvalue weighted by Crippen LogP contribution is 2.37. The number of methoxy groups -OCH3 is 1. The third kappa shape index (κ3) is 5.84. The Morgan fingerprint density at radius 2 is 1.32 bits per heavy atom. The van der Waals surface area contributed by atoms with Crippen molar-refractivity contribution in [3.05, 3.63) is 90.5 Å². The van der Waals surface area contributed by atoms with Crippen LogP contribution in [0.15, 0.2) is 84.9 Å². The second-order valence-electron chi connectivity index (χ2n) is 9.83. The summed E-state index contributed by atoms with van der Waals surface area (Å²) in [4.78, 5) is 12.1. The van der Waals surface area contributed by atoms with Crippen LogP contribution in [0.2, 0.25) is 5.04 Å². The van der Waals surface area contributed by atoms with Gasteiger partial charge in [0.25, 0.3) is 8.32 Å². The van der Waals surface area contributed by atoms with Gasteiger partial charge in [0.2, 0.25) is 0 Å². The van der Waals surface area contributed by atoms with Crippen LogP contribution in [0, 0.1) is 0 Å². The molecule has 0 aromatic heterocycles. The monoisotopic (exact) mass is 476 g/mol. The lowest BCUT2D eigenvalue weighted by Gasteiger charge is -2.43. The summed E-state index contributed by atoms with van der Waals surface area (Å²) in [5.41, 5.74) is 0.0486. The van der Waals surface area contributed by atoms with E-state index in [1.165, 1.54) is 10.4 Å². The van der Waals surface area contributed by atoms with Crippen molar-refractivity contribution in [1.29, 1.82) is 0 Å². The van der Waals surface area contributed by atoms with E-state index in [1.807, 2.05) is 43.3 Å². The standard InChI is InChI=1S/C29H36O4Si/c1-28(2,3)34(26-12-8-6-9-13-26,27-14-10-7-11-15-27)33-21-20-29(4,23-30)32-22-24-16-18-25(31-5)19-17-24/h6-19,23H,20-22H2,1-5H3/t29-/m1/s1. The minimum absolute atomic E-state index is 0.114. The predicted molar refractivity (Wildman–Crippen MR) is 140 cm³/mol. The number of rotatable bonds is 11. The minimum atomic E-state index is -2.64. The zero-order chi connectivity index (χ0) is 24.7. The normalized spacial score (nSPS) is 13.8. The number of carbonyl (C=O) groups is 1. The Morgan fingerprint density at radius 1 is 0.794 bits per heavy atom. The van der Waals surface area contributed by atoms with Crippen LogP contribution in [0.3, 0.4) is 0 Å². The van der Waals surface area contributed by atoms with Gasteiger partial charge in [0, 0.05) is 13.0 Å². The van der Waals surface area contributed by atoms with E-state index < -0.39 is 13.9 Å². The lowest BCUT2D eigenvalue weighted by Crippen LogP contribution is -2.66. The molecule has 0 aliphatic heterocycles. The number of carbonyl (C=O) groups excluding carboxylic acids is 1. The van der Waals surface area contributed by atoms with E-state index in [2.05, 4.69) is 69.3 Å². The molecule has 0 N–H and O–H groups in total. The van der Waals surface area contributed by atoms with Gasteiger partial charge in [0.15, 0.2) is 6.29 Å². The van der Waals surface area contributed by atoms with Crippen molar-refractivity contribution in [2.45, 2.75) is 51.4 Å². The van der Waals surface area contributed by atoms with Gasteiger partial charge in [-0.2, -0.15) is 0 Å². The van der Waals surface area contributed by atoms with Crippen LogP contribution in [0.25, 0.3) is 0 Å². The number of hydrogen-bond acceptors (Lipinski definition) is 4. The van der Waals surface area contributed by atoms with E-state index in [1.54, 1.807) is 7.11 Å². The molecule has 0 radical (unpaired) electrons. The molecular weight excluding hydrogens is 440 g/mol. The maximum atomic E-state index is 12.1. The highest BCUT2D eigenvalue weighted by Gasteiger charge is 2.50. The molecular formula is C29H36O4Si. The molecule has 34 heavy (non-hydrogen) atoms. The third-order valence-electron chi connectivity index (χ3n) is 6.31. The summed E-state index contributed by atoms with van der Waals surface area (Å²) >= 11 is 0. The molecule has 0 bridgehead atoms. The quantitative estimate of drug-likeness (QED) is 0.284. The average molecular weight is 477 g/mol. The van der Waals surface area contributed by atoms with Crippen LogP contribution < -0.4 is 15.1 Å². The Morgan fingerprint density at radius 3 is 1.76 bits per heavy atom. The van der Waals surface area contributed by atoms with Gasteiger partial charge >= 0.3 is 0 Å². The zero-order valence-corrected chi connectivity index (χ0v) is 21.9. The molecule has 0 saturated heterocycles. The van der Waals surface area contributed by atoms with Crippen LogP contribution in [0.4, 0.5) is 0 Å². The molecule has 0 fully saturated rings. The highest BCUT2D eigenvalue weighted by atomic mass is 28.4. The summed E-state index contributed by atoms with van der Waals surface area (Å²) in [6.45, 7) is 9.34. The Labute approximate surface area is 205 Å². The topological polar surface area (TPSA) is 44.8 Å². The minimum Gasteiger partial charge on any atom is -0.497 e. The molecule has 1 atom stereocenters. The molecule has 0 spiro atoms. The largest absolute Gasteiger partial charge is 0.497 e. The first kappa shape index (κ1) is 25.9. The fraction of sp³-hybridized carbons (Fsp3) is 0.345. The van der Waals surface area contributed by atoms with Crippen molar-refractivity contribution >= 4 is 25.0 Å². The molecule has 0 unspecified atom stereocenters. The van der Waals surface area contributed by atoms with E-state index in [0.29, 0.717) is 19.6 Å². The molecule has 3 aromatic rings. The summed E-state index contributed by atoms with van der Waals surface area (Å²) in [5.74, 6) is 0.792. The number of ether oxygens (including phenoxy) is 2.